The van der Waals surface area contributed by atoms with Gasteiger partial charge in [-0.1, -0.05) is 13.0 Å². The molecule has 3 amide bonds. The Morgan fingerprint density at radius 3 is 2.58 bits per heavy atom. The summed E-state index contributed by atoms with van der Waals surface area (Å²) < 4.78 is 0. The molecular formula is C14H21N3O2. The number of carbonyl (C=O) groups is 2. The first-order valence-corrected chi connectivity index (χ1v) is 6.38. The van der Waals surface area contributed by atoms with E-state index in [1.54, 1.807) is 19.2 Å². The van der Waals surface area contributed by atoms with E-state index in [-0.39, 0.29) is 18.0 Å². The number of aryl methyl sites for hydroxylation is 1. The van der Waals surface area contributed by atoms with Gasteiger partial charge in [-0.3, -0.25) is 4.79 Å². The van der Waals surface area contributed by atoms with E-state index in [0.29, 0.717) is 11.3 Å². The minimum absolute atomic E-state index is 0.113. The number of nitrogens with one attached hydrogen (secondary N) is 3. The maximum atomic E-state index is 11.8. The van der Waals surface area contributed by atoms with Crippen LogP contribution >= 0.6 is 0 Å². The van der Waals surface area contributed by atoms with E-state index in [1.165, 1.54) is 0 Å². The highest BCUT2D eigenvalue weighted by atomic mass is 16.2. The van der Waals surface area contributed by atoms with Crippen molar-refractivity contribution in [2.75, 3.05) is 12.4 Å². The molecule has 0 saturated heterocycles. The molecule has 0 radical (unpaired) electrons. The van der Waals surface area contributed by atoms with Crippen molar-refractivity contribution in [3.05, 3.63) is 29.3 Å². The second kappa shape index (κ2) is 6.78. The fourth-order valence-electron chi connectivity index (χ4n) is 1.53. The van der Waals surface area contributed by atoms with Crippen molar-refractivity contribution in [1.82, 2.24) is 10.6 Å². The Kier molecular flexibility index (Phi) is 5.36. The van der Waals surface area contributed by atoms with Gasteiger partial charge in [0.25, 0.3) is 5.91 Å². The Bertz CT molecular complexity index is 472. The number of rotatable bonds is 4. The smallest absolute Gasteiger partial charge is 0.319 e. The van der Waals surface area contributed by atoms with Crippen molar-refractivity contribution in [2.24, 2.45) is 0 Å². The summed E-state index contributed by atoms with van der Waals surface area (Å²) in [6.45, 7) is 5.82. The van der Waals surface area contributed by atoms with Crippen LogP contribution in [0.1, 0.15) is 36.2 Å². The maximum absolute atomic E-state index is 11.8. The van der Waals surface area contributed by atoms with Crippen LogP contribution in [-0.4, -0.2) is 25.0 Å². The van der Waals surface area contributed by atoms with Crippen LogP contribution in [-0.2, 0) is 0 Å². The van der Waals surface area contributed by atoms with Crippen LogP contribution in [0.2, 0.25) is 0 Å². The molecule has 0 saturated carbocycles. The highest BCUT2D eigenvalue weighted by molar-refractivity contribution is 5.97. The Labute approximate surface area is 113 Å². The number of anilines is 1. The van der Waals surface area contributed by atoms with E-state index in [0.717, 1.165) is 12.0 Å². The third kappa shape index (κ3) is 4.28. The molecule has 0 aromatic heterocycles. The van der Waals surface area contributed by atoms with E-state index < -0.39 is 0 Å². The normalized spacial score (nSPS) is 11.6. The molecule has 1 aromatic rings. The number of amides is 3. The lowest BCUT2D eigenvalue weighted by atomic mass is 10.1. The first kappa shape index (κ1) is 15.0. The Hall–Kier alpha value is -2.04. The van der Waals surface area contributed by atoms with Gasteiger partial charge in [-0.25, -0.2) is 4.79 Å². The fraction of sp³-hybridized carbons (Fsp3) is 0.429. The van der Waals surface area contributed by atoms with Crippen molar-refractivity contribution < 1.29 is 9.59 Å². The number of benzene rings is 1. The minimum atomic E-state index is -0.258. The van der Waals surface area contributed by atoms with Crippen molar-refractivity contribution >= 4 is 17.6 Å². The lowest BCUT2D eigenvalue weighted by molar-refractivity contribution is 0.0963. The topological polar surface area (TPSA) is 70.2 Å². The highest BCUT2D eigenvalue weighted by Crippen LogP contribution is 2.16. The second-order valence-electron chi connectivity index (χ2n) is 4.52. The molecule has 0 unspecified atom stereocenters. The second-order valence-corrected chi connectivity index (χ2v) is 4.52. The van der Waals surface area contributed by atoms with Gasteiger partial charge in [0.05, 0.1) is 0 Å². The van der Waals surface area contributed by atoms with Crippen LogP contribution in [0, 0.1) is 6.92 Å². The predicted octanol–water partition coefficient (Wildman–Crippen LogP) is 2.27. The summed E-state index contributed by atoms with van der Waals surface area (Å²) in [5, 5.41) is 8.14. The van der Waals surface area contributed by atoms with Gasteiger partial charge in [0.2, 0.25) is 0 Å². The van der Waals surface area contributed by atoms with Crippen molar-refractivity contribution in [2.45, 2.75) is 33.2 Å². The summed E-state index contributed by atoms with van der Waals surface area (Å²) in [4.78, 5) is 23.3. The molecule has 0 spiro atoms. The number of hydrogen-bond acceptors (Lipinski definition) is 2. The van der Waals surface area contributed by atoms with Crippen molar-refractivity contribution in [3.63, 3.8) is 0 Å². The van der Waals surface area contributed by atoms with Crippen LogP contribution < -0.4 is 16.0 Å². The Morgan fingerprint density at radius 1 is 1.32 bits per heavy atom. The molecule has 0 aliphatic carbocycles. The summed E-state index contributed by atoms with van der Waals surface area (Å²) >= 11 is 0. The maximum Gasteiger partial charge on any atom is 0.319 e. The molecule has 104 valence electrons. The number of hydrogen-bond donors (Lipinski definition) is 3. The molecular weight excluding hydrogens is 242 g/mol. The molecule has 0 fully saturated rings. The molecule has 0 heterocycles. The van der Waals surface area contributed by atoms with Gasteiger partial charge >= 0.3 is 6.03 Å². The molecule has 1 atom stereocenters. The zero-order valence-electron chi connectivity index (χ0n) is 11.8. The van der Waals surface area contributed by atoms with E-state index in [4.69, 9.17) is 0 Å². The van der Waals surface area contributed by atoms with Crippen LogP contribution in [0.5, 0.6) is 0 Å². The minimum Gasteiger partial charge on any atom is -0.355 e. The molecule has 0 bridgehead atoms. The molecule has 0 aliphatic heterocycles. The molecule has 5 nitrogen and oxygen atoms in total. The average molecular weight is 263 g/mol. The van der Waals surface area contributed by atoms with Crippen LogP contribution in [0.4, 0.5) is 10.5 Å². The molecule has 1 aromatic carbocycles. The van der Waals surface area contributed by atoms with Gasteiger partial charge in [0.1, 0.15) is 0 Å². The summed E-state index contributed by atoms with van der Waals surface area (Å²) in [7, 11) is 1.57. The summed E-state index contributed by atoms with van der Waals surface area (Å²) in [6.07, 6.45) is 0.866. The van der Waals surface area contributed by atoms with Gasteiger partial charge in [-0.2, -0.15) is 0 Å². The van der Waals surface area contributed by atoms with Crippen LogP contribution in [0.3, 0.4) is 0 Å². The standard InChI is InChI=1S/C14H21N3O2/c1-5-10(3)16-14(19)17-12-8-11(13(18)15-4)7-6-9(12)2/h6-8,10H,5H2,1-4H3,(H,15,18)(H2,16,17,19)/t10-/m1/s1. The largest absolute Gasteiger partial charge is 0.355 e. The lowest BCUT2D eigenvalue weighted by Gasteiger charge is -2.14. The Morgan fingerprint density at radius 2 is 2.00 bits per heavy atom. The van der Waals surface area contributed by atoms with Crippen molar-refractivity contribution in [1.29, 1.82) is 0 Å². The van der Waals surface area contributed by atoms with E-state index in [1.807, 2.05) is 26.8 Å². The van der Waals surface area contributed by atoms with E-state index in [2.05, 4.69) is 16.0 Å². The molecule has 3 N–H and O–H groups in total. The van der Waals surface area contributed by atoms with Gasteiger partial charge in [0.15, 0.2) is 0 Å². The predicted molar refractivity (Wildman–Crippen MR) is 76.5 cm³/mol. The highest BCUT2D eigenvalue weighted by Gasteiger charge is 2.10. The molecule has 0 aliphatic rings. The quantitative estimate of drug-likeness (QED) is 0.780. The first-order valence-electron chi connectivity index (χ1n) is 6.38. The lowest BCUT2D eigenvalue weighted by Crippen LogP contribution is -2.35. The molecule has 19 heavy (non-hydrogen) atoms. The average Bonchev–Trinajstić information content (AvgIpc) is 2.40. The summed E-state index contributed by atoms with van der Waals surface area (Å²) in [6, 6.07) is 5.06. The summed E-state index contributed by atoms with van der Waals surface area (Å²) in [5.74, 6) is -0.176. The van der Waals surface area contributed by atoms with Crippen molar-refractivity contribution in [3.8, 4) is 0 Å². The SMILES string of the molecule is CC[C@@H](C)NC(=O)Nc1cc(C(=O)NC)ccc1C. The molecule has 1 rings (SSSR count). The Balaban J connectivity index is 2.82. The number of carbonyl (C=O) groups excluding carboxylic acids is 2. The zero-order chi connectivity index (χ0) is 14.4. The van der Waals surface area contributed by atoms with Crippen LogP contribution in [0.15, 0.2) is 18.2 Å². The van der Waals surface area contributed by atoms with Crippen LogP contribution in [0.25, 0.3) is 0 Å². The van der Waals surface area contributed by atoms with Gasteiger partial charge in [-0.05, 0) is 38.0 Å². The van der Waals surface area contributed by atoms with E-state index >= 15 is 0 Å². The van der Waals surface area contributed by atoms with Gasteiger partial charge in [0, 0.05) is 24.3 Å². The monoisotopic (exact) mass is 263 g/mol. The third-order valence-electron chi connectivity index (χ3n) is 2.96. The van der Waals surface area contributed by atoms with Gasteiger partial charge in [-0.15, -0.1) is 0 Å². The number of urea groups is 1. The third-order valence-corrected chi connectivity index (χ3v) is 2.96. The summed E-state index contributed by atoms with van der Waals surface area (Å²) in [5.41, 5.74) is 2.07. The van der Waals surface area contributed by atoms with E-state index in [9.17, 15) is 9.59 Å². The zero-order valence-corrected chi connectivity index (χ0v) is 11.8. The molecule has 5 heteroatoms. The van der Waals surface area contributed by atoms with Gasteiger partial charge < -0.3 is 16.0 Å². The fourth-order valence-corrected chi connectivity index (χ4v) is 1.53. The first-order chi connectivity index (χ1) is 8.97.